The minimum Gasteiger partial charge on any atom is -0.362 e. The van der Waals surface area contributed by atoms with Gasteiger partial charge in [-0.25, -0.2) is 8.78 Å². The molecule has 2 aromatic heterocycles. The van der Waals surface area contributed by atoms with Gasteiger partial charge < -0.3 is 14.4 Å². The summed E-state index contributed by atoms with van der Waals surface area (Å²) in [6, 6.07) is 8.31. The summed E-state index contributed by atoms with van der Waals surface area (Å²) in [5.74, 6) is 1.30. The Morgan fingerprint density at radius 3 is 2.67 bits per heavy atom. The number of hydrogen-bond donors (Lipinski definition) is 0. The van der Waals surface area contributed by atoms with Crippen molar-refractivity contribution in [2.75, 3.05) is 36.8 Å². The van der Waals surface area contributed by atoms with Gasteiger partial charge in [0.05, 0.1) is 0 Å². The molecule has 5 rings (SSSR count). The summed E-state index contributed by atoms with van der Waals surface area (Å²) in [7, 11) is 1.98. The summed E-state index contributed by atoms with van der Waals surface area (Å²) in [4.78, 5) is 8.73. The lowest BCUT2D eigenvalue weighted by molar-refractivity contribution is 0.318. The number of pyridine rings is 1. The summed E-state index contributed by atoms with van der Waals surface area (Å²) >= 11 is 1.70. The first-order chi connectivity index (χ1) is 16.0. The average Bonchev–Trinajstić information content (AvgIpc) is 3.47. The molecule has 0 radical (unpaired) electrons. The van der Waals surface area contributed by atoms with Gasteiger partial charge in [-0.2, -0.15) is 0 Å². The van der Waals surface area contributed by atoms with Crippen molar-refractivity contribution in [3.05, 3.63) is 53.9 Å². The highest BCUT2D eigenvalue weighted by Crippen LogP contribution is 2.37. The summed E-state index contributed by atoms with van der Waals surface area (Å²) < 4.78 is 30.6. The Kier molecular flexibility index (Phi) is 6.34. The molecule has 2 unspecified atom stereocenters. The standard InChI is InChI=1S/C24H28F2N6S/c1-16-7-8-17(13-27-16)23-28-29-24(30(23)2)33-12-4-10-31-14-18-9-11-32(21(18)15-31)22-19(25)5-3-6-20(22)26/h3,5-8,13,18,21H,4,9-12,14-15H2,1-2H3. The van der Waals surface area contributed by atoms with E-state index >= 15 is 0 Å². The van der Waals surface area contributed by atoms with Crippen molar-refractivity contribution >= 4 is 17.4 Å². The van der Waals surface area contributed by atoms with E-state index in [1.54, 1.807) is 11.8 Å². The van der Waals surface area contributed by atoms with E-state index in [9.17, 15) is 8.78 Å². The van der Waals surface area contributed by atoms with Crippen LogP contribution in [0.5, 0.6) is 0 Å². The van der Waals surface area contributed by atoms with Gasteiger partial charge in [0.25, 0.3) is 0 Å². The molecule has 2 aliphatic heterocycles. The molecule has 4 heterocycles. The van der Waals surface area contributed by atoms with Crippen LogP contribution < -0.4 is 4.90 Å². The molecule has 9 heteroatoms. The highest BCUT2D eigenvalue weighted by Gasteiger charge is 2.42. The Balaban J connectivity index is 1.13. The van der Waals surface area contributed by atoms with E-state index < -0.39 is 11.6 Å². The third-order valence-corrected chi connectivity index (χ3v) is 7.81. The first-order valence-electron chi connectivity index (χ1n) is 11.4. The number of aromatic nitrogens is 4. The third-order valence-electron chi connectivity index (χ3n) is 6.70. The first kappa shape index (κ1) is 22.3. The lowest BCUT2D eigenvalue weighted by Crippen LogP contribution is -2.36. The minimum atomic E-state index is -0.463. The highest BCUT2D eigenvalue weighted by molar-refractivity contribution is 7.99. The van der Waals surface area contributed by atoms with E-state index in [2.05, 4.69) is 20.1 Å². The van der Waals surface area contributed by atoms with Crippen molar-refractivity contribution in [3.63, 3.8) is 0 Å². The van der Waals surface area contributed by atoms with Crippen molar-refractivity contribution in [2.24, 2.45) is 13.0 Å². The molecule has 2 saturated heterocycles. The van der Waals surface area contributed by atoms with Crippen LogP contribution in [0.15, 0.2) is 41.7 Å². The fourth-order valence-electron chi connectivity index (χ4n) is 5.02. The first-order valence-corrected chi connectivity index (χ1v) is 12.4. The van der Waals surface area contributed by atoms with Gasteiger partial charge >= 0.3 is 0 Å². The van der Waals surface area contributed by atoms with Crippen molar-refractivity contribution in [2.45, 2.75) is 31.0 Å². The Labute approximate surface area is 197 Å². The number of anilines is 1. The maximum Gasteiger partial charge on any atom is 0.191 e. The van der Waals surface area contributed by atoms with E-state index in [0.717, 1.165) is 67.0 Å². The molecule has 1 aromatic carbocycles. The number of para-hydroxylation sites is 1. The fraction of sp³-hybridized carbons (Fsp3) is 0.458. The molecule has 2 fully saturated rings. The fourth-order valence-corrected chi connectivity index (χ4v) is 5.85. The van der Waals surface area contributed by atoms with Crippen LogP contribution in [0.2, 0.25) is 0 Å². The quantitative estimate of drug-likeness (QED) is 0.382. The van der Waals surface area contributed by atoms with E-state index in [1.165, 1.54) is 18.2 Å². The SMILES string of the molecule is Cc1ccc(-c2nnc(SCCCN3CC4CCN(c5c(F)cccc5F)C4C3)n2C)cn1. The maximum atomic E-state index is 14.3. The van der Waals surface area contributed by atoms with E-state index in [0.29, 0.717) is 5.92 Å². The van der Waals surface area contributed by atoms with Gasteiger partial charge in [0.1, 0.15) is 17.3 Å². The molecule has 2 atom stereocenters. The zero-order valence-corrected chi connectivity index (χ0v) is 19.7. The van der Waals surface area contributed by atoms with Gasteiger partial charge in [0, 0.05) is 55.9 Å². The minimum absolute atomic E-state index is 0.143. The largest absolute Gasteiger partial charge is 0.362 e. The zero-order chi connectivity index (χ0) is 22.9. The molecular formula is C24H28F2N6S. The predicted molar refractivity (Wildman–Crippen MR) is 126 cm³/mol. The van der Waals surface area contributed by atoms with Crippen LogP contribution in [0.1, 0.15) is 18.5 Å². The number of halogens is 2. The van der Waals surface area contributed by atoms with Crippen LogP contribution in [0.25, 0.3) is 11.4 Å². The number of nitrogens with zero attached hydrogens (tertiary/aromatic N) is 6. The lowest BCUT2D eigenvalue weighted by Gasteiger charge is -2.27. The van der Waals surface area contributed by atoms with Crippen LogP contribution in [0, 0.1) is 24.5 Å². The van der Waals surface area contributed by atoms with Gasteiger partial charge in [-0.3, -0.25) is 4.98 Å². The number of likely N-dealkylation sites (tertiary alicyclic amines) is 1. The molecule has 33 heavy (non-hydrogen) atoms. The van der Waals surface area contributed by atoms with Gasteiger partial charge in [-0.15, -0.1) is 10.2 Å². The number of benzene rings is 1. The predicted octanol–water partition coefficient (Wildman–Crippen LogP) is 4.16. The molecule has 6 nitrogen and oxygen atoms in total. The second-order valence-corrected chi connectivity index (χ2v) is 9.96. The van der Waals surface area contributed by atoms with Crippen LogP contribution >= 0.6 is 11.8 Å². The topological polar surface area (TPSA) is 50.1 Å². The van der Waals surface area contributed by atoms with Crippen LogP contribution in [0.3, 0.4) is 0 Å². The second-order valence-electron chi connectivity index (χ2n) is 8.89. The lowest BCUT2D eigenvalue weighted by atomic mass is 10.0. The molecule has 2 aliphatic rings. The molecule has 0 saturated carbocycles. The molecule has 3 aromatic rings. The number of hydrogen-bond acceptors (Lipinski definition) is 6. The Morgan fingerprint density at radius 1 is 1.09 bits per heavy atom. The average molecular weight is 471 g/mol. The van der Waals surface area contributed by atoms with Crippen molar-refractivity contribution in [1.29, 1.82) is 0 Å². The highest BCUT2D eigenvalue weighted by atomic mass is 32.2. The van der Waals surface area contributed by atoms with Crippen LogP contribution in [0.4, 0.5) is 14.5 Å². The third kappa shape index (κ3) is 4.48. The van der Waals surface area contributed by atoms with Gasteiger partial charge in [-0.05, 0) is 56.5 Å². The van der Waals surface area contributed by atoms with E-state index in [4.69, 9.17) is 0 Å². The zero-order valence-electron chi connectivity index (χ0n) is 18.9. The molecule has 0 aliphatic carbocycles. The smallest absolute Gasteiger partial charge is 0.191 e. The molecule has 0 bridgehead atoms. The summed E-state index contributed by atoms with van der Waals surface area (Å²) in [6.07, 6.45) is 3.83. The van der Waals surface area contributed by atoms with Gasteiger partial charge in [0.15, 0.2) is 11.0 Å². The van der Waals surface area contributed by atoms with Crippen LogP contribution in [-0.4, -0.2) is 62.6 Å². The molecule has 0 amide bonds. The van der Waals surface area contributed by atoms with E-state index in [-0.39, 0.29) is 11.7 Å². The van der Waals surface area contributed by atoms with Gasteiger partial charge in [-0.1, -0.05) is 17.8 Å². The maximum absolute atomic E-state index is 14.3. The number of fused-ring (bicyclic) bond motifs is 1. The van der Waals surface area contributed by atoms with E-state index in [1.807, 2.05) is 41.8 Å². The number of thioether (sulfide) groups is 1. The van der Waals surface area contributed by atoms with Gasteiger partial charge in [0.2, 0.25) is 0 Å². The number of rotatable bonds is 7. The summed E-state index contributed by atoms with van der Waals surface area (Å²) in [5.41, 5.74) is 2.08. The van der Waals surface area contributed by atoms with Crippen molar-refractivity contribution in [3.8, 4) is 11.4 Å². The van der Waals surface area contributed by atoms with Crippen LogP contribution in [-0.2, 0) is 7.05 Å². The summed E-state index contributed by atoms with van der Waals surface area (Å²) in [6.45, 7) is 5.52. The van der Waals surface area contributed by atoms with Crippen molar-refractivity contribution in [1.82, 2.24) is 24.6 Å². The second kappa shape index (κ2) is 9.38. The molecule has 0 spiro atoms. The molecule has 0 N–H and O–H groups in total. The molecular weight excluding hydrogens is 442 g/mol. The Bertz CT molecular complexity index is 1100. The Morgan fingerprint density at radius 2 is 1.91 bits per heavy atom. The molecule has 174 valence electrons. The monoisotopic (exact) mass is 470 g/mol. The number of aryl methyl sites for hydroxylation is 1. The van der Waals surface area contributed by atoms with Crippen molar-refractivity contribution < 1.29 is 8.78 Å². The summed E-state index contributed by atoms with van der Waals surface area (Å²) in [5, 5.41) is 9.58. The normalized spacial score (nSPS) is 20.5. The Hall–Kier alpha value is -2.52.